The number of rotatable bonds is 3. The van der Waals surface area contributed by atoms with E-state index in [-0.39, 0.29) is 5.41 Å². The lowest BCUT2D eigenvalue weighted by atomic mass is 9.96. The molecule has 6 nitrogen and oxygen atoms in total. The van der Waals surface area contributed by atoms with Gasteiger partial charge < -0.3 is 10.2 Å². The molecule has 2 aromatic rings. The van der Waals surface area contributed by atoms with Crippen LogP contribution in [0, 0.1) is 5.41 Å². The number of fused-ring (bicyclic) bond motifs is 1. The predicted molar refractivity (Wildman–Crippen MR) is 74.0 cm³/mol. The second kappa shape index (κ2) is 4.44. The van der Waals surface area contributed by atoms with Crippen molar-refractivity contribution in [3.63, 3.8) is 0 Å². The number of nitrogens with one attached hydrogen (secondary N) is 2. The average Bonchev–Trinajstić information content (AvgIpc) is 2.72. The number of nitrogens with zero attached hydrogens (tertiary/aromatic N) is 4. The molecule has 0 spiro atoms. The Labute approximate surface area is 107 Å². The van der Waals surface area contributed by atoms with Crippen LogP contribution in [0.1, 0.15) is 20.8 Å². The third-order valence-electron chi connectivity index (χ3n) is 2.59. The van der Waals surface area contributed by atoms with Gasteiger partial charge in [-0.25, -0.2) is 0 Å². The van der Waals surface area contributed by atoms with E-state index in [9.17, 15) is 0 Å². The van der Waals surface area contributed by atoms with Crippen LogP contribution in [0.3, 0.4) is 0 Å². The van der Waals surface area contributed by atoms with E-state index in [4.69, 9.17) is 0 Å². The Morgan fingerprint density at radius 1 is 1.33 bits per heavy atom. The highest BCUT2D eigenvalue weighted by molar-refractivity contribution is 5.87. The summed E-state index contributed by atoms with van der Waals surface area (Å²) < 4.78 is 0. The van der Waals surface area contributed by atoms with Crippen LogP contribution in [0.4, 0.5) is 11.8 Å². The minimum Gasteiger partial charge on any atom is -0.358 e. The quantitative estimate of drug-likeness (QED) is 0.868. The van der Waals surface area contributed by atoms with Crippen LogP contribution in [-0.4, -0.2) is 40.8 Å². The first-order valence-electron chi connectivity index (χ1n) is 6.01. The van der Waals surface area contributed by atoms with E-state index in [1.54, 1.807) is 6.20 Å². The lowest BCUT2D eigenvalue weighted by Crippen LogP contribution is -2.30. The van der Waals surface area contributed by atoms with E-state index in [0.29, 0.717) is 5.95 Å². The second-order valence-corrected chi connectivity index (χ2v) is 5.67. The van der Waals surface area contributed by atoms with Gasteiger partial charge in [-0.1, -0.05) is 20.8 Å². The Bertz CT molecular complexity index is 539. The van der Waals surface area contributed by atoms with Gasteiger partial charge in [0.2, 0.25) is 5.95 Å². The molecule has 0 aliphatic heterocycles. The first kappa shape index (κ1) is 12.6. The van der Waals surface area contributed by atoms with Crippen LogP contribution in [0.5, 0.6) is 0 Å². The summed E-state index contributed by atoms with van der Waals surface area (Å²) in [5, 5.41) is 10.8. The molecule has 0 fully saturated rings. The molecule has 0 unspecified atom stereocenters. The highest BCUT2D eigenvalue weighted by Crippen LogP contribution is 2.25. The Morgan fingerprint density at radius 2 is 2.06 bits per heavy atom. The van der Waals surface area contributed by atoms with Crippen LogP contribution in [0.25, 0.3) is 11.0 Å². The SMILES string of the molecule is CNc1nc(N(C)CC(C)(C)C)c2cn[nH]c2n1. The molecule has 0 saturated heterocycles. The van der Waals surface area contributed by atoms with Crippen LogP contribution in [-0.2, 0) is 0 Å². The third kappa shape index (κ3) is 2.52. The van der Waals surface area contributed by atoms with E-state index in [0.717, 1.165) is 23.4 Å². The van der Waals surface area contributed by atoms with Gasteiger partial charge in [0.15, 0.2) is 5.65 Å². The van der Waals surface area contributed by atoms with E-state index in [1.807, 2.05) is 14.1 Å². The van der Waals surface area contributed by atoms with E-state index in [2.05, 4.69) is 51.2 Å². The van der Waals surface area contributed by atoms with Gasteiger partial charge in [0.25, 0.3) is 0 Å². The maximum atomic E-state index is 4.52. The van der Waals surface area contributed by atoms with Crippen LogP contribution < -0.4 is 10.2 Å². The first-order valence-corrected chi connectivity index (χ1v) is 6.01. The van der Waals surface area contributed by atoms with Crippen LogP contribution >= 0.6 is 0 Å². The summed E-state index contributed by atoms with van der Waals surface area (Å²) in [7, 11) is 3.85. The van der Waals surface area contributed by atoms with Gasteiger partial charge in [0, 0.05) is 20.6 Å². The monoisotopic (exact) mass is 248 g/mol. The number of aromatic nitrogens is 4. The zero-order valence-electron chi connectivity index (χ0n) is 11.6. The molecule has 6 heteroatoms. The Morgan fingerprint density at radius 3 is 2.67 bits per heavy atom. The molecule has 2 heterocycles. The predicted octanol–water partition coefficient (Wildman–Crippen LogP) is 1.88. The molecule has 0 saturated carbocycles. The second-order valence-electron chi connectivity index (χ2n) is 5.67. The van der Waals surface area contributed by atoms with Crippen LogP contribution in [0.15, 0.2) is 6.20 Å². The molecule has 0 amide bonds. The van der Waals surface area contributed by atoms with Crippen molar-refractivity contribution < 1.29 is 0 Å². The van der Waals surface area contributed by atoms with Gasteiger partial charge in [-0.15, -0.1) is 0 Å². The molecule has 0 atom stereocenters. The Hall–Kier alpha value is -1.85. The molecule has 2 rings (SSSR count). The van der Waals surface area contributed by atoms with Crippen LogP contribution in [0.2, 0.25) is 0 Å². The minimum absolute atomic E-state index is 0.204. The summed E-state index contributed by atoms with van der Waals surface area (Å²) in [6.07, 6.45) is 1.77. The van der Waals surface area contributed by atoms with Crippen molar-refractivity contribution in [1.29, 1.82) is 0 Å². The minimum atomic E-state index is 0.204. The van der Waals surface area contributed by atoms with Crippen molar-refractivity contribution >= 4 is 22.8 Å². The van der Waals surface area contributed by atoms with Crippen molar-refractivity contribution in [3.05, 3.63) is 6.20 Å². The Kier molecular flexibility index (Phi) is 3.11. The number of aromatic amines is 1. The largest absolute Gasteiger partial charge is 0.358 e. The van der Waals surface area contributed by atoms with Crippen molar-refractivity contribution in [2.24, 2.45) is 5.41 Å². The van der Waals surface area contributed by atoms with E-state index < -0.39 is 0 Å². The highest BCUT2D eigenvalue weighted by Gasteiger charge is 2.18. The van der Waals surface area contributed by atoms with E-state index >= 15 is 0 Å². The number of hydrogen-bond acceptors (Lipinski definition) is 5. The molecular weight excluding hydrogens is 228 g/mol. The fourth-order valence-corrected chi connectivity index (χ4v) is 2.01. The molecule has 18 heavy (non-hydrogen) atoms. The fourth-order valence-electron chi connectivity index (χ4n) is 2.01. The molecule has 0 aromatic carbocycles. The number of anilines is 2. The van der Waals surface area contributed by atoms with Gasteiger partial charge in [0.1, 0.15) is 5.82 Å². The maximum absolute atomic E-state index is 4.52. The molecule has 0 aliphatic rings. The van der Waals surface area contributed by atoms with Gasteiger partial charge in [0.05, 0.1) is 11.6 Å². The molecule has 98 valence electrons. The smallest absolute Gasteiger partial charge is 0.226 e. The number of H-pyrrole nitrogens is 1. The molecule has 0 aliphatic carbocycles. The molecular formula is C12H20N6. The standard InChI is InChI=1S/C12H20N6/c1-12(2,3)7-18(5)10-8-6-14-17-9(8)15-11(13-4)16-10/h6H,7H2,1-5H3,(H2,13,14,15,16,17). The van der Waals surface area contributed by atoms with Crippen molar-refractivity contribution in [3.8, 4) is 0 Å². The lowest BCUT2D eigenvalue weighted by molar-refractivity contribution is 0.418. The van der Waals surface area contributed by atoms with Gasteiger partial charge in [-0.05, 0) is 5.41 Å². The fraction of sp³-hybridized carbons (Fsp3) is 0.583. The molecule has 0 bridgehead atoms. The normalized spacial score (nSPS) is 11.8. The van der Waals surface area contributed by atoms with Gasteiger partial charge in [-0.2, -0.15) is 15.1 Å². The molecule has 0 radical (unpaired) electrons. The Balaban J connectivity index is 2.45. The zero-order valence-corrected chi connectivity index (χ0v) is 11.6. The summed E-state index contributed by atoms with van der Waals surface area (Å²) in [6.45, 7) is 7.52. The van der Waals surface area contributed by atoms with Gasteiger partial charge >= 0.3 is 0 Å². The summed E-state index contributed by atoms with van der Waals surface area (Å²) in [5.41, 5.74) is 0.959. The maximum Gasteiger partial charge on any atom is 0.226 e. The summed E-state index contributed by atoms with van der Waals surface area (Å²) in [6, 6.07) is 0. The topological polar surface area (TPSA) is 69.7 Å². The van der Waals surface area contributed by atoms with E-state index in [1.165, 1.54) is 0 Å². The van der Waals surface area contributed by atoms with Gasteiger partial charge in [-0.3, -0.25) is 5.10 Å². The first-order chi connectivity index (χ1) is 8.40. The highest BCUT2D eigenvalue weighted by atomic mass is 15.2. The lowest BCUT2D eigenvalue weighted by Gasteiger charge is -2.27. The van der Waals surface area contributed by atoms with Crippen molar-refractivity contribution in [2.75, 3.05) is 30.9 Å². The molecule has 2 N–H and O–H groups in total. The van der Waals surface area contributed by atoms with Crippen molar-refractivity contribution in [1.82, 2.24) is 20.2 Å². The summed E-state index contributed by atoms with van der Waals surface area (Å²) >= 11 is 0. The molecule has 2 aromatic heterocycles. The summed E-state index contributed by atoms with van der Waals surface area (Å²) in [5.74, 6) is 1.50. The summed E-state index contributed by atoms with van der Waals surface area (Å²) in [4.78, 5) is 11.0. The zero-order chi connectivity index (χ0) is 13.3. The van der Waals surface area contributed by atoms with Crippen molar-refractivity contribution in [2.45, 2.75) is 20.8 Å². The average molecular weight is 248 g/mol. The number of hydrogen-bond donors (Lipinski definition) is 2. The third-order valence-corrected chi connectivity index (χ3v) is 2.59.